The Bertz CT molecular complexity index is 2110. The summed E-state index contributed by atoms with van der Waals surface area (Å²) in [7, 11) is -1.49. The van der Waals surface area contributed by atoms with Crippen LogP contribution < -0.4 is 20.6 Å². The highest BCUT2D eigenvalue weighted by atomic mass is 16.4. The SMILES string of the molecule is CC/C(=C(/c1ccc(B(O)O)cc1)c1ccc(N2CCN(CCC3CCN(c4ccc5c(c4)CN(C4CCC(=O)NC4=O)C5=O)CC3)CC2)cc1)c1ccccc1. The number of anilines is 2. The molecule has 4 aliphatic heterocycles. The van der Waals surface area contributed by atoms with Crippen molar-refractivity contribution >= 4 is 52.8 Å². The van der Waals surface area contributed by atoms with Gasteiger partial charge in [-0.2, -0.15) is 0 Å². The lowest BCUT2D eigenvalue weighted by atomic mass is 9.79. The van der Waals surface area contributed by atoms with Crippen LogP contribution in [-0.4, -0.2) is 96.5 Å². The average Bonchev–Trinajstić information content (AvgIpc) is 3.57. The van der Waals surface area contributed by atoms with Crippen molar-refractivity contribution in [2.24, 2.45) is 5.92 Å². The summed E-state index contributed by atoms with van der Waals surface area (Å²) in [6.45, 7) is 9.80. The van der Waals surface area contributed by atoms with Gasteiger partial charge in [-0.25, -0.2) is 0 Å². The van der Waals surface area contributed by atoms with Gasteiger partial charge in [0.1, 0.15) is 6.04 Å². The van der Waals surface area contributed by atoms with Crippen molar-refractivity contribution in [3.63, 3.8) is 0 Å². The summed E-state index contributed by atoms with van der Waals surface area (Å²) in [6, 6.07) is 32.5. The fourth-order valence-electron chi connectivity index (χ4n) is 9.17. The summed E-state index contributed by atoms with van der Waals surface area (Å²) >= 11 is 0. The number of carbonyl (C=O) groups is 3. The molecule has 0 radical (unpaired) electrons. The molecule has 0 aromatic heterocycles. The van der Waals surface area contributed by atoms with Crippen molar-refractivity contribution < 1.29 is 24.4 Å². The van der Waals surface area contributed by atoms with Crippen LogP contribution in [0.3, 0.4) is 0 Å². The van der Waals surface area contributed by atoms with Gasteiger partial charge in [0.2, 0.25) is 11.8 Å². The second-order valence-electron chi connectivity index (χ2n) is 15.9. The van der Waals surface area contributed by atoms with Gasteiger partial charge >= 0.3 is 7.12 Å². The van der Waals surface area contributed by atoms with E-state index < -0.39 is 13.2 Å². The number of piperazine rings is 1. The molecule has 294 valence electrons. The van der Waals surface area contributed by atoms with Gasteiger partial charge in [0.25, 0.3) is 5.91 Å². The third-order valence-corrected chi connectivity index (χ3v) is 12.5. The number of nitrogens with zero attached hydrogens (tertiary/aromatic N) is 4. The molecule has 0 aliphatic carbocycles. The van der Waals surface area contributed by atoms with Gasteiger partial charge in [-0.1, -0.05) is 73.7 Å². The van der Waals surface area contributed by atoms with Crippen LogP contribution in [0.15, 0.2) is 97.1 Å². The number of imide groups is 1. The summed E-state index contributed by atoms with van der Waals surface area (Å²) < 4.78 is 0. The molecular weight excluding hydrogens is 713 g/mol. The van der Waals surface area contributed by atoms with E-state index in [2.05, 4.69) is 81.5 Å². The van der Waals surface area contributed by atoms with E-state index in [4.69, 9.17) is 0 Å². The Morgan fingerprint density at radius 3 is 2.04 bits per heavy atom. The number of benzene rings is 4. The first-order valence-electron chi connectivity index (χ1n) is 20.6. The number of hydrogen-bond donors (Lipinski definition) is 3. The molecule has 4 aromatic rings. The van der Waals surface area contributed by atoms with Gasteiger partial charge < -0.3 is 24.7 Å². The standard InChI is InChI=1S/C46H52BN5O5/c1-2-40(33-6-4-3-5-7-33)44(34-8-12-37(13-9-34)47(56)57)35-10-14-38(15-11-35)51-28-26-49(27-29-51)23-20-32-21-24-50(25-22-32)39-16-17-41-36(30-39)31-52(46(41)55)42-18-19-43(53)48-45(42)54/h3-17,30,32,42,56-57H,2,18-29,31H2,1H3,(H,48,53,54)/b44-40+. The first kappa shape index (κ1) is 38.6. The van der Waals surface area contributed by atoms with Gasteiger partial charge in [-0.3, -0.25) is 24.6 Å². The highest BCUT2D eigenvalue weighted by Gasteiger charge is 2.39. The van der Waals surface area contributed by atoms with Gasteiger partial charge in [-0.15, -0.1) is 0 Å². The number of amides is 3. The van der Waals surface area contributed by atoms with Crippen molar-refractivity contribution in [3.8, 4) is 0 Å². The maximum absolute atomic E-state index is 13.1. The quantitative estimate of drug-likeness (QED) is 0.112. The Labute approximate surface area is 335 Å². The predicted molar refractivity (Wildman–Crippen MR) is 226 cm³/mol. The first-order chi connectivity index (χ1) is 27.7. The molecule has 3 amide bonds. The minimum absolute atomic E-state index is 0.124. The van der Waals surface area contributed by atoms with Crippen molar-refractivity contribution in [2.45, 2.75) is 58.0 Å². The van der Waals surface area contributed by atoms with E-state index in [0.29, 0.717) is 29.9 Å². The molecule has 3 fully saturated rings. The topological polar surface area (TPSA) is 117 Å². The molecule has 10 nitrogen and oxygen atoms in total. The van der Waals surface area contributed by atoms with E-state index in [1.54, 1.807) is 17.0 Å². The van der Waals surface area contributed by atoms with Crippen LogP contribution in [-0.2, 0) is 16.1 Å². The van der Waals surface area contributed by atoms with E-state index in [0.717, 1.165) is 93.0 Å². The second kappa shape index (κ2) is 17.1. The summed E-state index contributed by atoms with van der Waals surface area (Å²) in [5, 5.41) is 21.8. The van der Waals surface area contributed by atoms with Gasteiger partial charge in [0, 0.05) is 69.2 Å². The Morgan fingerprint density at radius 2 is 1.39 bits per heavy atom. The number of allylic oxidation sites excluding steroid dienone is 1. The number of nitrogens with one attached hydrogen (secondary N) is 1. The van der Waals surface area contributed by atoms with E-state index in [1.165, 1.54) is 23.2 Å². The van der Waals surface area contributed by atoms with Gasteiger partial charge in [-0.05, 0) is 114 Å². The lowest BCUT2D eigenvalue weighted by Gasteiger charge is -2.38. The van der Waals surface area contributed by atoms with Crippen molar-refractivity contribution in [1.29, 1.82) is 0 Å². The van der Waals surface area contributed by atoms with Crippen LogP contribution in [0.2, 0.25) is 0 Å². The Hall–Kier alpha value is -5.23. The van der Waals surface area contributed by atoms with Crippen LogP contribution in [0, 0.1) is 5.92 Å². The van der Waals surface area contributed by atoms with Crippen LogP contribution in [0.4, 0.5) is 11.4 Å². The van der Waals surface area contributed by atoms with Crippen LogP contribution in [0.25, 0.3) is 11.1 Å². The molecule has 8 rings (SSSR count). The Balaban J connectivity index is 0.831. The molecule has 0 bridgehead atoms. The Morgan fingerprint density at radius 1 is 0.737 bits per heavy atom. The zero-order chi connectivity index (χ0) is 39.5. The Kier molecular flexibility index (Phi) is 11.6. The number of rotatable bonds is 11. The van der Waals surface area contributed by atoms with Gasteiger partial charge in [0.15, 0.2) is 0 Å². The molecule has 3 N–H and O–H groups in total. The van der Waals surface area contributed by atoms with E-state index in [-0.39, 0.29) is 24.1 Å². The molecular formula is C46H52BN5O5. The molecule has 3 saturated heterocycles. The maximum Gasteiger partial charge on any atom is 0.488 e. The number of piperidine rings is 2. The summed E-state index contributed by atoms with van der Waals surface area (Å²) in [5.74, 6) is -0.0720. The van der Waals surface area contributed by atoms with E-state index in [9.17, 15) is 24.4 Å². The van der Waals surface area contributed by atoms with Crippen LogP contribution >= 0.6 is 0 Å². The lowest BCUT2D eigenvalue weighted by molar-refractivity contribution is -0.136. The zero-order valence-electron chi connectivity index (χ0n) is 32.8. The molecule has 4 aromatic carbocycles. The fourth-order valence-corrected chi connectivity index (χ4v) is 9.17. The van der Waals surface area contributed by atoms with Crippen molar-refractivity contribution in [3.05, 3.63) is 125 Å². The first-order valence-corrected chi connectivity index (χ1v) is 20.6. The smallest absolute Gasteiger partial charge is 0.423 e. The third kappa shape index (κ3) is 8.42. The largest absolute Gasteiger partial charge is 0.488 e. The molecule has 1 atom stereocenters. The average molecular weight is 766 g/mol. The van der Waals surface area contributed by atoms with Crippen molar-refractivity contribution in [1.82, 2.24) is 15.1 Å². The minimum Gasteiger partial charge on any atom is -0.423 e. The molecule has 0 saturated carbocycles. The zero-order valence-corrected chi connectivity index (χ0v) is 32.8. The maximum atomic E-state index is 13.1. The normalized spacial score (nSPS) is 19.7. The number of hydrogen-bond acceptors (Lipinski definition) is 8. The molecule has 4 heterocycles. The van der Waals surface area contributed by atoms with Gasteiger partial charge in [0.05, 0.1) is 0 Å². The van der Waals surface area contributed by atoms with E-state index in [1.807, 2.05) is 30.3 Å². The van der Waals surface area contributed by atoms with Crippen LogP contribution in [0.5, 0.6) is 0 Å². The summed E-state index contributed by atoms with van der Waals surface area (Å²) in [5.41, 5.74) is 10.3. The summed E-state index contributed by atoms with van der Waals surface area (Å²) in [4.78, 5) is 46.4. The highest BCUT2D eigenvalue weighted by molar-refractivity contribution is 6.58. The lowest BCUT2D eigenvalue weighted by Crippen LogP contribution is -2.52. The molecule has 0 spiro atoms. The third-order valence-electron chi connectivity index (χ3n) is 12.5. The van der Waals surface area contributed by atoms with Crippen molar-refractivity contribution in [2.75, 3.05) is 55.6 Å². The molecule has 11 heteroatoms. The predicted octanol–water partition coefficient (Wildman–Crippen LogP) is 4.93. The minimum atomic E-state index is -1.49. The summed E-state index contributed by atoms with van der Waals surface area (Å²) in [6.07, 6.45) is 5.00. The second-order valence-corrected chi connectivity index (χ2v) is 15.9. The molecule has 57 heavy (non-hydrogen) atoms. The monoisotopic (exact) mass is 765 g/mol. The molecule has 1 unspecified atom stereocenters. The number of fused-ring (bicyclic) bond motifs is 1. The highest BCUT2D eigenvalue weighted by Crippen LogP contribution is 2.36. The van der Waals surface area contributed by atoms with Crippen LogP contribution in [0.1, 0.15) is 78.1 Å². The number of carbonyl (C=O) groups excluding carboxylic acids is 3. The van der Waals surface area contributed by atoms with E-state index >= 15 is 0 Å². The fraction of sp³-hybridized carbons (Fsp3) is 0.370. The molecule has 4 aliphatic rings.